The van der Waals surface area contributed by atoms with Gasteiger partial charge in [0.05, 0.1) is 33.6 Å². The summed E-state index contributed by atoms with van der Waals surface area (Å²) >= 11 is 17.3. The predicted molar refractivity (Wildman–Crippen MR) is 167 cm³/mol. The molecule has 0 radical (unpaired) electrons. The Balaban J connectivity index is 1.99. The molecule has 0 saturated carbocycles. The van der Waals surface area contributed by atoms with E-state index in [1.807, 2.05) is 0 Å². The molecule has 0 amide bonds. The average Bonchev–Trinajstić information content (AvgIpc) is 3.00. The largest absolute Gasteiger partial charge is 0.494 e. The van der Waals surface area contributed by atoms with Crippen LogP contribution in [0.3, 0.4) is 0 Å². The highest BCUT2D eigenvalue weighted by Crippen LogP contribution is 2.44. The minimum atomic E-state index is -1.38. The van der Waals surface area contributed by atoms with Gasteiger partial charge in [-0.05, 0) is 66.8 Å². The molecule has 0 aliphatic carbocycles. The Kier molecular flexibility index (Phi) is 9.32. The average molecular weight is 662 g/mol. The summed E-state index contributed by atoms with van der Waals surface area (Å²) in [7, 11) is 5.75. The molecule has 0 aliphatic heterocycles. The van der Waals surface area contributed by atoms with Crippen LogP contribution >= 0.6 is 36.0 Å². The third-order valence-corrected chi connectivity index (χ3v) is 8.48. The molecule has 0 aliphatic rings. The van der Waals surface area contributed by atoms with Crippen LogP contribution in [0.15, 0.2) is 46.0 Å². The topological polar surface area (TPSA) is 156 Å². The molecule has 13 nitrogen and oxygen atoms in total. The maximum absolute atomic E-state index is 13.7. The van der Waals surface area contributed by atoms with Crippen molar-refractivity contribution in [3.05, 3.63) is 104 Å². The first-order chi connectivity index (χ1) is 20.7. The van der Waals surface area contributed by atoms with Gasteiger partial charge >= 0.3 is 0 Å². The summed E-state index contributed by atoms with van der Waals surface area (Å²) in [4.78, 5) is 37.8. The first-order valence-electron chi connectivity index (χ1n) is 13.0. The number of nitro groups is 1. The van der Waals surface area contributed by atoms with E-state index < -0.39 is 33.7 Å². The van der Waals surface area contributed by atoms with Crippen molar-refractivity contribution < 1.29 is 24.6 Å². The number of non-ortho nitro benzene ring substituents is 1. The first kappa shape index (κ1) is 32.4. The van der Waals surface area contributed by atoms with Crippen LogP contribution in [0, 0.1) is 19.7 Å². The van der Waals surface area contributed by atoms with Gasteiger partial charge in [0, 0.05) is 40.3 Å². The Morgan fingerprint density at radius 3 is 1.84 bits per heavy atom. The summed E-state index contributed by atoms with van der Waals surface area (Å²) < 4.78 is 16.5. The standard InChI is InChI=1S/C28H28ClN5O8S2/c1-6-41-18-12-15(11-17(29)22(18)42-13-14-7-9-16(10-8-14)34(39)40)19(20-23(35)30(2)27(43)31(3)24(20)36)21-25(37)32(4)28(44)33(5)26(21)38/h7-12,19,35,37H,6,13H2,1-5H3. The van der Waals surface area contributed by atoms with E-state index in [0.717, 1.165) is 9.13 Å². The summed E-state index contributed by atoms with van der Waals surface area (Å²) in [6.45, 7) is 1.89. The van der Waals surface area contributed by atoms with Gasteiger partial charge in [0.25, 0.3) is 16.8 Å². The van der Waals surface area contributed by atoms with Crippen LogP contribution in [0.1, 0.15) is 35.1 Å². The van der Waals surface area contributed by atoms with Gasteiger partial charge < -0.3 is 19.7 Å². The maximum Gasteiger partial charge on any atom is 0.269 e. The molecule has 0 bridgehead atoms. The number of halogens is 1. The number of ether oxygens (including phenoxy) is 2. The van der Waals surface area contributed by atoms with Crippen LogP contribution in [0.4, 0.5) is 5.69 Å². The van der Waals surface area contributed by atoms with Gasteiger partial charge in [0.1, 0.15) is 6.61 Å². The van der Waals surface area contributed by atoms with E-state index in [2.05, 4.69) is 0 Å². The van der Waals surface area contributed by atoms with Crippen molar-refractivity contribution in [2.24, 2.45) is 28.2 Å². The lowest BCUT2D eigenvalue weighted by atomic mass is 9.86. The molecule has 0 saturated heterocycles. The zero-order valence-electron chi connectivity index (χ0n) is 24.2. The Morgan fingerprint density at radius 1 is 0.886 bits per heavy atom. The molecule has 2 aromatic heterocycles. The number of aromatic nitrogens is 4. The fraction of sp³-hybridized carbons (Fsp3) is 0.286. The van der Waals surface area contributed by atoms with Crippen LogP contribution in [0.5, 0.6) is 23.3 Å². The first-order valence-corrected chi connectivity index (χ1v) is 14.2. The van der Waals surface area contributed by atoms with Gasteiger partial charge in [-0.2, -0.15) is 0 Å². The normalized spacial score (nSPS) is 11.2. The van der Waals surface area contributed by atoms with Crippen molar-refractivity contribution in [1.29, 1.82) is 0 Å². The molecule has 0 unspecified atom stereocenters. The van der Waals surface area contributed by atoms with Crippen molar-refractivity contribution in [1.82, 2.24) is 18.3 Å². The zero-order valence-corrected chi connectivity index (χ0v) is 26.6. The molecular formula is C28H28ClN5O8S2. The van der Waals surface area contributed by atoms with Crippen LogP contribution < -0.4 is 20.6 Å². The monoisotopic (exact) mass is 661 g/mol. The molecule has 4 rings (SSSR count). The van der Waals surface area contributed by atoms with Crippen molar-refractivity contribution in [3.63, 3.8) is 0 Å². The van der Waals surface area contributed by atoms with E-state index in [4.69, 9.17) is 45.5 Å². The summed E-state index contributed by atoms with van der Waals surface area (Å²) in [6, 6.07) is 8.70. The second kappa shape index (κ2) is 12.6. The van der Waals surface area contributed by atoms with E-state index >= 15 is 0 Å². The lowest BCUT2D eigenvalue weighted by Crippen LogP contribution is -2.33. The summed E-state index contributed by atoms with van der Waals surface area (Å²) in [5.41, 5.74) is -1.20. The highest BCUT2D eigenvalue weighted by atomic mass is 35.5. The van der Waals surface area contributed by atoms with Crippen molar-refractivity contribution in [2.75, 3.05) is 6.61 Å². The minimum absolute atomic E-state index is 0.0154. The number of nitro benzene ring substituents is 1. The molecule has 16 heteroatoms. The quantitative estimate of drug-likeness (QED) is 0.150. The minimum Gasteiger partial charge on any atom is -0.494 e. The molecule has 0 atom stereocenters. The summed E-state index contributed by atoms with van der Waals surface area (Å²) in [5, 5.41) is 33.5. The fourth-order valence-electron chi connectivity index (χ4n) is 4.73. The SMILES string of the molecule is CCOc1cc(C(c2c(O)n(C)c(=S)n(C)c2=O)c2c(O)n(C)c(=S)n(C)c2=O)cc(Cl)c1OCc1ccc([N+](=O)[O-])cc1. The van der Waals surface area contributed by atoms with E-state index in [1.165, 1.54) is 61.6 Å². The fourth-order valence-corrected chi connectivity index (χ4v) is 5.34. The summed E-state index contributed by atoms with van der Waals surface area (Å²) in [6.07, 6.45) is 0. The zero-order chi connectivity index (χ0) is 32.6. The van der Waals surface area contributed by atoms with Crippen LogP contribution in [0.25, 0.3) is 0 Å². The Bertz CT molecular complexity index is 1950. The van der Waals surface area contributed by atoms with Crippen LogP contribution in [-0.2, 0) is 34.8 Å². The van der Waals surface area contributed by atoms with E-state index in [0.29, 0.717) is 5.56 Å². The molecule has 232 valence electrons. The third-order valence-electron chi connectivity index (χ3n) is 7.11. The smallest absolute Gasteiger partial charge is 0.269 e. The van der Waals surface area contributed by atoms with E-state index in [9.17, 15) is 29.9 Å². The van der Waals surface area contributed by atoms with Gasteiger partial charge in [-0.25, -0.2) is 0 Å². The molecular weight excluding hydrogens is 634 g/mol. The summed E-state index contributed by atoms with van der Waals surface area (Å²) in [5.74, 6) is -2.16. The lowest BCUT2D eigenvalue weighted by Gasteiger charge is -2.24. The number of nitrogens with zero attached hydrogens (tertiary/aromatic N) is 5. The lowest BCUT2D eigenvalue weighted by molar-refractivity contribution is -0.384. The molecule has 4 aromatic rings. The third kappa shape index (κ3) is 5.73. The van der Waals surface area contributed by atoms with Gasteiger partial charge in [0.2, 0.25) is 11.8 Å². The Hall–Kier alpha value is -4.47. The second-order valence-electron chi connectivity index (χ2n) is 9.79. The van der Waals surface area contributed by atoms with Crippen LogP contribution in [-0.4, -0.2) is 40.0 Å². The highest BCUT2D eigenvalue weighted by molar-refractivity contribution is 7.71. The molecule has 44 heavy (non-hydrogen) atoms. The van der Waals surface area contributed by atoms with Gasteiger partial charge in [-0.15, -0.1) is 0 Å². The number of benzene rings is 2. The number of rotatable bonds is 9. The molecule has 2 heterocycles. The maximum atomic E-state index is 13.7. The second-order valence-corrected chi connectivity index (χ2v) is 10.9. The van der Waals surface area contributed by atoms with Gasteiger partial charge in [-0.1, -0.05) is 11.6 Å². The Labute approximate surface area is 265 Å². The van der Waals surface area contributed by atoms with Crippen molar-refractivity contribution in [2.45, 2.75) is 19.4 Å². The molecule has 2 N–H and O–H groups in total. The van der Waals surface area contributed by atoms with Crippen molar-refractivity contribution in [3.8, 4) is 23.3 Å². The highest BCUT2D eigenvalue weighted by Gasteiger charge is 2.34. The van der Waals surface area contributed by atoms with E-state index in [1.54, 1.807) is 19.1 Å². The molecule has 0 spiro atoms. The number of hydrogen-bond acceptors (Lipinski definition) is 10. The van der Waals surface area contributed by atoms with Crippen LogP contribution in [0.2, 0.25) is 5.02 Å². The van der Waals surface area contributed by atoms with Crippen molar-refractivity contribution >= 4 is 41.7 Å². The molecule has 2 aromatic carbocycles. The number of aromatic hydroxyl groups is 2. The number of hydrogen-bond donors (Lipinski definition) is 2. The van der Waals surface area contributed by atoms with Gasteiger partial charge in [-0.3, -0.25) is 38.0 Å². The van der Waals surface area contributed by atoms with E-state index in [-0.39, 0.29) is 61.7 Å². The van der Waals surface area contributed by atoms with Gasteiger partial charge in [0.15, 0.2) is 21.0 Å². The predicted octanol–water partition coefficient (Wildman–Crippen LogP) is 4.35. The molecule has 0 fully saturated rings. The Morgan fingerprint density at radius 2 is 1.39 bits per heavy atom.